The normalized spacial score (nSPS) is 14.7. The number of carbonyl (C=O) groups is 1. The quantitative estimate of drug-likeness (QED) is 0.365. The van der Waals surface area contributed by atoms with Crippen LogP contribution in [0.5, 0.6) is 0 Å². The lowest BCUT2D eigenvalue weighted by Gasteiger charge is -2.17. The van der Waals surface area contributed by atoms with Gasteiger partial charge in [-0.3, -0.25) is 9.59 Å². The average Bonchev–Trinajstić information content (AvgIpc) is 3.50. The number of aromatic amines is 1. The minimum absolute atomic E-state index is 0.0816. The van der Waals surface area contributed by atoms with E-state index in [9.17, 15) is 18.0 Å². The van der Waals surface area contributed by atoms with Gasteiger partial charge in [-0.25, -0.2) is 12.4 Å². The summed E-state index contributed by atoms with van der Waals surface area (Å²) in [5, 5.41) is 3.46. The van der Waals surface area contributed by atoms with Crippen LogP contribution in [0.2, 0.25) is 0 Å². The van der Waals surface area contributed by atoms with E-state index in [0.717, 1.165) is 24.1 Å². The van der Waals surface area contributed by atoms with Gasteiger partial charge in [-0.1, -0.05) is 35.4 Å². The monoisotopic (exact) mass is 559 g/mol. The number of aromatic nitrogens is 2. The third kappa shape index (κ3) is 4.51. The lowest BCUT2D eigenvalue weighted by Crippen LogP contribution is -2.29. The number of H-pyrrole nitrogens is 1. The van der Waals surface area contributed by atoms with Crippen LogP contribution in [0, 0.1) is 13.8 Å². The van der Waals surface area contributed by atoms with Gasteiger partial charge in [0.2, 0.25) is 10.0 Å². The first-order valence-corrected chi connectivity index (χ1v) is 13.9. The molecule has 1 aliphatic rings. The van der Waals surface area contributed by atoms with Crippen molar-refractivity contribution in [3.8, 4) is 0 Å². The number of carbonyl (C=O) groups excluding carboxylic acids is 1. The van der Waals surface area contributed by atoms with Crippen molar-refractivity contribution >= 4 is 42.8 Å². The fraction of sp³-hybridized carbons (Fsp3) is 0.385. The summed E-state index contributed by atoms with van der Waals surface area (Å²) in [5.74, 6) is -0.371. The van der Waals surface area contributed by atoms with Crippen LogP contribution in [0.15, 0.2) is 46.3 Å². The van der Waals surface area contributed by atoms with E-state index in [-0.39, 0.29) is 18.0 Å². The van der Waals surface area contributed by atoms with Crippen molar-refractivity contribution in [3.05, 3.63) is 79.8 Å². The lowest BCUT2D eigenvalue weighted by atomic mass is 10.0. The summed E-state index contributed by atoms with van der Waals surface area (Å²) >= 11 is 3.45. The number of hydrogen-bond acceptors (Lipinski definition) is 4. The van der Waals surface area contributed by atoms with Gasteiger partial charge in [0.15, 0.2) is 0 Å². The molecule has 9 heteroatoms. The molecule has 2 N–H and O–H groups in total. The molecule has 4 rings (SSSR count). The van der Waals surface area contributed by atoms with Crippen molar-refractivity contribution in [1.29, 1.82) is 0 Å². The molecule has 3 aromatic rings. The van der Waals surface area contributed by atoms with Gasteiger partial charge in [-0.05, 0) is 68.9 Å². The molecule has 0 bridgehead atoms. The molecule has 0 radical (unpaired) electrons. The smallest absolute Gasteiger partial charge is 0.253 e. The first-order chi connectivity index (χ1) is 16.5. The molecule has 1 fully saturated rings. The number of nitrogens with zero attached hydrogens (tertiary/aromatic N) is 1. The van der Waals surface area contributed by atoms with Crippen molar-refractivity contribution in [2.75, 3.05) is 0 Å². The van der Waals surface area contributed by atoms with Gasteiger partial charge in [0.25, 0.3) is 11.5 Å². The summed E-state index contributed by atoms with van der Waals surface area (Å²) < 4.78 is 28.2. The molecule has 0 saturated heterocycles. The Bertz CT molecular complexity index is 1500. The maximum atomic E-state index is 13.6. The fourth-order valence-electron chi connectivity index (χ4n) is 4.78. The second-order valence-electron chi connectivity index (χ2n) is 9.35. The SMILES string of the molecule is C=CCC1(S(=O)(=O)n2cc(C)c3c(C(=O)NCc4c(CCC)cc(C)[nH]c4=O)cc(Br)cc32)CC1. The predicted molar refractivity (Wildman–Crippen MR) is 142 cm³/mol. The second-order valence-corrected chi connectivity index (χ2v) is 12.5. The Kier molecular flexibility index (Phi) is 6.85. The summed E-state index contributed by atoms with van der Waals surface area (Å²) in [6.07, 6.45) is 6.43. The first kappa shape index (κ1) is 25.4. The molecule has 1 saturated carbocycles. The zero-order valence-electron chi connectivity index (χ0n) is 20.2. The number of pyridine rings is 1. The van der Waals surface area contributed by atoms with Crippen LogP contribution in [0.3, 0.4) is 0 Å². The summed E-state index contributed by atoms with van der Waals surface area (Å²) in [6.45, 7) is 9.49. The zero-order valence-corrected chi connectivity index (χ0v) is 22.6. The summed E-state index contributed by atoms with van der Waals surface area (Å²) in [5.41, 5.74) is 3.53. The Morgan fingerprint density at radius 2 is 2.00 bits per heavy atom. The van der Waals surface area contributed by atoms with E-state index < -0.39 is 14.8 Å². The molecule has 0 atom stereocenters. The first-order valence-electron chi connectivity index (χ1n) is 11.7. The summed E-state index contributed by atoms with van der Waals surface area (Å²) in [4.78, 5) is 28.7. The minimum Gasteiger partial charge on any atom is -0.348 e. The number of hydrogen-bond donors (Lipinski definition) is 2. The molecule has 35 heavy (non-hydrogen) atoms. The van der Waals surface area contributed by atoms with Crippen LogP contribution < -0.4 is 10.9 Å². The Morgan fingerprint density at radius 1 is 1.29 bits per heavy atom. The van der Waals surface area contributed by atoms with Crippen LogP contribution in [0.4, 0.5) is 0 Å². The molecule has 186 valence electrons. The van der Waals surface area contributed by atoms with E-state index in [1.165, 1.54) is 3.97 Å². The molecule has 2 heterocycles. The van der Waals surface area contributed by atoms with Crippen molar-refractivity contribution < 1.29 is 13.2 Å². The van der Waals surface area contributed by atoms with Gasteiger partial charge in [0.1, 0.15) is 0 Å². The van der Waals surface area contributed by atoms with Crippen molar-refractivity contribution in [1.82, 2.24) is 14.3 Å². The number of rotatable bonds is 9. The van der Waals surface area contributed by atoms with E-state index in [0.29, 0.717) is 51.3 Å². The molecule has 0 spiro atoms. The highest BCUT2D eigenvalue weighted by atomic mass is 79.9. The number of halogens is 1. The maximum Gasteiger partial charge on any atom is 0.253 e. The van der Waals surface area contributed by atoms with E-state index in [1.54, 1.807) is 31.3 Å². The van der Waals surface area contributed by atoms with Gasteiger partial charge in [-0.15, -0.1) is 6.58 Å². The topological polar surface area (TPSA) is 101 Å². The highest BCUT2D eigenvalue weighted by Crippen LogP contribution is 2.48. The van der Waals surface area contributed by atoms with Gasteiger partial charge in [-0.2, -0.15) is 0 Å². The number of fused-ring (bicyclic) bond motifs is 1. The highest BCUT2D eigenvalue weighted by molar-refractivity contribution is 9.10. The molecular weight excluding hydrogens is 530 g/mol. The third-order valence-electron chi connectivity index (χ3n) is 6.71. The van der Waals surface area contributed by atoms with Crippen molar-refractivity contribution in [2.45, 2.75) is 64.2 Å². The fourth-order valence-corrected chi connectivity index (χ4v) is 7.29. The second kappa shape index (κ2) is 9.43. The van der Waals surface area contributed by atoms with Crippen molar-refractivity contribution in [3.63, 3.8) is 0 Å². The van der Waals surface area contributed by atoms with E-state index in [2.05, 4.69) is 32.8 Å². The average molecular weight is 561 g/mol. The largest absolute Gasteiger partial charge is 0.348 e. The molecular formula is C26H30BrN3O4S. The highest BCUT2D eigenvalue weighted by Gasteiger charge is 2.54. The van der Waals surface area contributed by atoms with Crippen LogP contribution in [-0.4, -0.2) is 28.0 Å². The van der Waals surface area contributed by atoms with Crippen LogP contribution >= 0.6 is 15.9 Å². The van der Waals surface area contributed by atoms with Crippen molar-refractivity contribution in [2.24, 2.45) is 0 Å². The molecule has 1 aromatic carbocycles. The standard InChI is InChI=1S/C26H30BrN3O4S/c1-5-7-18-11-17(4)29-25(32)21(18)14-28-24(31)20-12-19(27)13-22-23(20)16(3)15-30(22)35(33,34)26(8-6-2)9-10-26/h6,11-13,15H,2,5,7-10,14H2,1,3-4H3,(H,28,31)(H,29,32). The molecule has 0 aliphatic heterocycles. The van der Waals surface area contributed by atoms with E-state index in [4.69, 9.17) is 0 Å². The van der Waals surface area contributed by atoms with Gasteiger partial charge in [0.05, 0.1) is 15.8 Å². The number of amides is 1. The number of nitrogens with one attached hydrogen (secondary N) is 2. The van der Waals surface area contributed by atoms with Gasteiger partial charge >= 0.3 is 0 Å². The Balaban J connectivity index is 1.73. The lowest BCUT2D eigenvalue weighted by molar-refractivity contribution is 0.0952. The number of aryl methyl sites for hydroxylation is 3. The molecule has 0 unspecified atom stereocenters. The molecule has 1 aliphatic carbocycles. The van der Waals surface area contributed by atoms with Crippen LogP contribution in [-0.2, 0) is 23.0 Å². The Morgan fingerprint density at radius 3 is 2.63 bits per heavy atom. The molecule has 7 nitrogen and oxygen atoms in total. The van der Waals surface area contributed by atoms with Crippen LogP contribution in [0.1, 0.15) is 65.3 Å². The Labute approximate surface area is 213 Å². The maximum absolute atomic E-state index is 13.6. The van der Waals surface area contributed by atoms with Gasteiger partial charge in [0, 0.05) is 33.9 Å². The predicted octanol–water partition coefficient (Wildman–Crippen LogP) is 4.88. The number of benzene rings is 1. The van der Waals surface area contributed by atoms with Gasteiger partial charge < -0.3 is 10.3 Å². The minimum atomic E-state index is -3.68. The summed E-state index contributed by atoms with van der Waals surface area (Å²) in [7, 11) is -3.68. The third-order valence-corrected chi connectivity index (χ3v) is 9.66. The van der Waals surface area contributed by atoms with E-state index in [1.807, 2.05) is 19.9 Å². The summed E-state index contributed by atoms with van der Waals surface area (Å²) in [6, 6.07) is 5.35. The zero-order chi connectivity index (χ0) is 25.5. The molecule has 2 aromatic heterocycles. The van der Waals surface area contributed by atoms with E-state index >= 15 is 0 Å². The number of allylic oxidation sites excluding steroid dienone is 1. The molecule has 1 amide bonds. The van der Waals surface area contributed by atoms with Crippen LogP contribution in [0.25, 0.3) is 10.9 Å². The Hall–Kier alpha value is -2.65.